The average Bonchev–Trinajstić information content (AvgIpc) is 2.44. The van der Waals surface area contributed by atoms with Gasteiger partial charge in [0.2, 0.25) is 0 Å². The molecular weight excluding hydrogens is 282 g/mol. The average molecular weight is 311 g/mol. The molecule has 2 heteroatoms. The molecule has 2 nitrogen and oxygen atoms in total. The lowest BCUT2D eigenvalue weighted by atomic mass is 9.83. The van der Waals surface area contributed by atoms with Crippen LogP contribution in [0.15, 0.2) is 42.5 Å². The summed E-state index contributed by atoms with van der Waals surface area (Å²) >= 11 is 0. The fourth-order valence-electron chi connectivity index (χ4n) is 2.95. The van der Waals surface area contributed by atoms with Crippen molar-refractivity contribution >= 4 is 16.6 Å². The first-order valence-corrected chi connectivity index (χ1v) is 8.36. The molecule has 124 valence electrons. The summed E-state index contributed by atoms with van der Waals surface area (Å²) in [4.78, 5) is 12.9. The van der Waals surface area contributed by atoms with E-state index in [0.29, 0.717) is 6.42 Å². The fourth-order valence-corrected chi connectivity index (χ4v) is 2.95. The van der Waals surface area contributed by atoms with E-state index in [1.165, 1.54) is 16.3 Å². The van der Waals surface area contributed by atoms with Crippen LogP contribution in [0.25, 0.3) is 10.8 Å². The topological polar surface area (TPSA) is 29.1 Å². The van der Waals surface area contributed by atoms with E-state index in [1.54, 1.807) is 0 Å². The molecule has 0 amide bonds. The fraction of sp³-hybridized carbons (Fsp3) is 0.476. The lowest BCUT2D eigenvalue weighted by Crippen LogP contribution is -2.51. The second-order valence-corrected chi connectivity index (χ2v) is 8.40. The first-order valence-electron chi connectivity index (χ1n) is 8.36. The van der Waals surface area contributed by atoms with Crippen LogP contribution >= 0.6 is 0 Å². The zero-order valence-electron chi connectivity index (χ0n) is 15.2. The molecule has 1 atom stereocenters. The minimum atomic E-state index is -0.354. The van der Waals surface area contributed by atoms with Gasteiger partial charge in [-0.3, -0.25) is 4.79 Å². The van der Waals surface area contributed by atoms with Crippen LogP contribution in [-0.4, -0.2) is 17.4 Å². The summed E-state index contributed by atoms with van der Waals surface area (Å²) in [6.45, 7) is 12.3. The second-order valence-electron chi connectivity index (χ2n) is 8.40. The summed E-state index contributed by atoms with van der Waals surface area (Å²) in [5.74, 6) is 0.264. The zero-order valence-corrected chi connectivity index (χ0v) is 15.2. The molecule has 0 fully saturated rings. The molecule has 2 rings (SSSR count). The summed E-state index contributed by atoms with van der Waals surface area (Å²) in [5, 5.41) is 5.98. The number of hydrogen-bond acceptors (Lipinski definition) is 2. The molecule has 0 heterocycles. The van der Waals surface area contributed by atoms with Crippen molar-refractivity contribution in [2.24, 2.45) is 5.41 Å². The van der Waals surface area contributed by atoms with Crippen LogP contribution in [0, 0.1) is 5.41 Å². The summed E-state index contributed by atoms with van der Waals surface area (Å²) < 4.78 is 0. The van der Waals surface area contributed by atoms with Gasteiger partial charge in [0.25, 0.3) is 0 Å². The van der Waals surface area contributed by atoms with Crippen LogP contribution in [0.1, 0.15) is 47.1 Å². The number of nitrogens with one attached hydrogen (secondary N) is 1. The van der Waals surface area contributed by atoms with E-state index in [-0.39, 0.29) is 22.8 Å². The van der Waals surface area contributed by atoms with Gasteiger partial charge in [-0.25, -0.2) is 0 Å². The third-order valence-corrected chi connectivity index (χ3v) is 3.97. The lowest BCUT2D eigenvalue weighted by molar-refractivity contribution is -0.128. The van der Waals surface area contributed by atoms with Crippen LogP contribution in [0.3, 0.4) is 0 Å². The maximum absolute atomic E-state index is 12.9. The van der Waals surface area contributed by atoms with Gasteiger partial charge in [0.15, 0.2) is 5.78 Å². The maximum Gasteiger partial charge on any atom is 0.155 e. The molecule has 0 saturated carbocycles. The highest BCUT2D eigenvalue weighted by Gasteiger charge is 2.32. The van der Waals surface area contributed by atoms with Crippen molar-refractivity contribution in [3.63, 3.8) is 0 Å². The van der Waals surface area contributed by atoms with Crippen molar-refractivity contribution in [2.45, 2.75) is 59.5 Å². The van der Waals surface area contributed by atoms with E-state index in [2.05, 4.69) is 68.6 Å². The van der Waals surface area contributed by atoms with Gasteiger partial charge in [0.1, 0.15) is 0 Å². The van der Waals surface area contributed by atoms with Gasteiger partial charge >= 0.3 is 0 Å². The van der Waals surface area contributed by atoms with Crippen LogP contribution in [-0.2, 0) is 11.2 Å². The normalized spacial score (nSPS) is 14.0. The minimum absolute atomic E-state index is 0.101. The van der Waals surface area contributed by atoms with Crippen LogP contribution < -0.4 is 5.32 Å². The smallest absolute Gasteiger partial charge is 0.155 e. The quantitative estimate of drug-likeness (QED) is 0.882. The van der Waals surface area contributed by atoms with Crippen molar-refractivity contribution in [1.82, 2.24) is 5.32 Å². The summed E-state index contributed by atoms with van der Waals surface area (Å²) in [6, 6.07) is 14.5. The Morgan fingerprint density at radius 1 is 0.957 bits per heavy atom. The van der Waals surface area contributed by atoms with Crippen LogP contribution in [0.4, 0.5) is 0 Å². The van der Waals surface area contributed by atoms with Crippen molar-refractivity contribution < 1.29 is 4.79 Å². The molecule has 2 aromatic carbocycles. The van der Waals surface area contributed by atoms with E-state index in [0.717, 1.165) is 0 Å². The number of rotatable bonds is 4. The molecule has 0 aromatic heterocycles. The molecule has 0 bridgehead atoms. The minimum Gasteiger partial charge on any atom is -0.302 e. The van der Waals surface area contributed by atoms with E-state index in [1.807, 2.05) is 20.8 Å². The van der Waals surface area contributed by atoms with Gasteiger partial charge in [-0.05, 0) is 43.5 Å². The molecule has 2 aromatic rings. The van der Waals surface area contributed by atoms with Crippen molar-refractivity contribution in [3.05, 3.63) is 48.0 Å². The monoisotopic (exact) mass is 311 g/mol. The highest BCUT2D eigenvalue weighted by Crippen LogP contribution is 2.24. The Bertz CT molecular complexity index is 684. The van der Waals surface area contributed by atoms with E-state index >= 15 is 0 Å². The molecule has 1 N–H and O–H groups in total. The Kier molecular flexibility index (Phi) is 4.95. The number of carbonyl (C=O) groups is 1. The van der Waals surface area contributed by atoms with Gasteiger partial charge in [-0.2, -0.15) is 0 Å². The molecule has 0 radical (unpaired) electrons. The maximum atomic E-state index is 12.9. The lowest BCUT2D eigenvalue weighted by Gasteiger charge is -2.32. The number of hydrogen-bond donors (Lipinski definition) is 1. The van der Waals surface area contributed by atoms with Gasteiger partial charge < -0.3 is 5.32 Å². The first kappa shape index (κ1) is 17.7. The number of fused-ring (bicyclic) bond motifs is 1. The van der Waals surface area contributed by atoms with E-state index in [4.69, 9.17) is 0 Å². The molecule has 0 saturated heterocycles. The SMILES string of the molecule is CC(C)(C)N[C@H](Cc1cccc2ccccc12)C(=O)C(C)(C)C. The molecule has 0 aliphatic heterocycles. The Balaban J connectivity index is 2.38. The second kappa shape index (κ2) is 6.45. The largest absolute Gasteiger partial charge is 0.302 e. The summed E-state index contributed by atoms with van der Waals surface area (Å²) in [5.41, 5.74) is 0.770. The van der Waals surface area contributed by atoms with Crippen molar-refractivity contribution in [1.29, 1.82) is 0 Å². The predicted molar refractivity (Wildman–Crippen MR) is 98.8 cm³/mol. The van der Waals surface area contributed by atoms with E-state index in [9.17, 15) is 4.79 Å². The Morgan fingerprint density at radius 2 is 1.57 bits per heavy atom. The van der Waals surface area contributed by atoms with Crippen molar-refractivity contribution in [2.75, 3.05) is 0 Å². The Morgan fingerprint density at radius 3 is 2.17 bits per heavy atom. The predicted octanol–water partition coefficient (Wildman–Crippen LogP) is 4.75. The molecule has 0 aliphatic carbocycles. The van der Waals surface area contributed by atoms with Gasteiger partial charge in [0, 0.05) is 11.0 Å². The molecule has 0 unspecified atom stereocenters. The van der Waals surface area contributed by atoms with Gasteiger partial charge in [0.05, 0.1) is 6.04 Å². The standard InChI is InChI=1S/C21H29NO/c1-20(2,3)19(23)18(22-21(4,5)6)14-16-12-9-11-15-10-7-8-13-17(15)16/h7-13,18,22H,14H2,1-6H3/t18-/m1/s1. The van der Waals surface area contributed by atoms with Crippen molar-refractivity contribution in [3.8, 4) is 0 Å². The highest BCUT2D eigenvalue weighted by atomic mass is 16.1. The molecular formula is C21H29NO. The third-order valence-electron chi connectivity index (χ3n) is 3.97. The van der Waals surface area contributed by atoms with Crippen LogP contribution in [0.2, 0.25) is 0 Å². The zero-order chi connectivity index (χ0) is 17.3. The third kappa shape index (κ3) is 4.65. The summed E-state index contributed by atoms with van der Waals surface area (Å²) in [6.07, 6.45) is 0.717. The molecule has 0 spiro atoms. The van der Waals surface area contributed by atoms with Gasteiger partial charge in [-0.15, -0.1) is 0 Å². The first-order chi connectivity index (χ1) is 10.6. The number of ketones is 1. The van der Waals surface area contributed by atoms with Crippen LogP contribution in [0.5, 0.6) is 0 Å². The summed E-state index contributed by atoms with van der Waals surface area (Å²) in [7, 11) is 0. The number of carbonyl (C=O) groups excluding carboxylic acids is 1. The van der Waals surface area contributed by atoms with Gasteiger partial charge in [-0.1, -0.05) is 63.2 Å². The molecule has 23 heavy (non-hydrogen) atoms. The van der Waals surface area contributed by atoms with E-state index < -0.39 is 0 Å². The number of benzene rings is 2. The highest BCUT2D eigenvalue weighted by molar-refractivity contribution is 5.91. The molecule has 0 aliphatic rings. The Labute approximate surface area is 140 Å². The number of Topliss-reactive ketones (excluding diaryl/α,β-unsaturated/α-hetero) is 1. The Hall–Kier alpha value is -1.67.